The predicted octanol–water partition coefficient (Wildman–Crippen LogP) is 3.07. The number of nitrogens with one attached hydrogen (secondary N) is 1. The Morgan fingerprint density at radius 3 is 2.78 bits per heavy atom. The van der Waals surface area contributed by atoms with Gasteiger partial charge in [0.2, 0.25) is 0 Å². The molecule has 1 amide bonds. The average molecular weight is 306 g/mol. The predicted molar refractivity (Wildman–Crippen MR) is 89.5 cm³/mol. The molecule has 0 aliphatic carbocycles. The highest BCUT2D eigenvalue weighted by Crippen LogP contribution is 2.21. The number of likely N-dealkylation sites (tertiary alicyclic amines) is 1. The minimum atomic E-state index is -0.201. The number of hydrogen-bond acceptors (Lipinski definition) is 4. The maximum Gasteiger partial charge on any atom is 0.266 e. The van der Waals surface area contributed by atoms with Crippen LogP contribution in [0.15, 0.2) is 48.3 Å². The number of piperidine rings is 1. The van der Waals surface area contributed by atoms with E-state index in [1.54, 1.807) is 11.1 Å². The standard InChI is InChI=1S/C18H18N4O/c19-12-15(18(23)22-10-2-1-3-11-22)13-21-16-8-4-6-14-7-5-9-20-17(14)16/h4-9,13,21H,1-3,10-11H2/b15-13-. The molecular formula is C18H18N4O. The summed E-state index contributed by atoms with van der Waals surface area (Å²) in [5.74, 6) is -0.201. The summed E-state index contributed by atoms with van der Waals surface area (Å²) in [5, 5.41) is 13.4. The largest absolute Gasteiger partial charge is 0.358 e. The first-order valence-corrected chi connectivity index (χ1v) is 7.79. The van der Waals surface area contributed by atoms with Crippen LogP contribution in [0.4, 0.5) is 5.69 Å². The van der Waals surface area contributed by atoms with Crippen molar-refractivity contribution in [2.75, 3.05) is 18.4 Å². The molecule has 116 valence electrons. The minimum absolute atomic E-state index is 0.125. The van der Waals surface area contributed by atoms with Crippen LogP contribution in [0.25, 0.3) is 10.9 Å². The first kappa shape index (κ1) is 15.0. The molecule has 1 fully saturated rings. The van der Waals surface area contributed by atoms with Crippen molar-refractivity contribution < 1.29 is 4.79 Å². The normalized spacial score (nSPS) is 15.3. The Kier molecular flexibility index (Phi) is 4.53. The van der Waals surface area contributed by atoms with Gasteiger partial charge in [-0.3, -0.25) is 9.78 Å². The van der Waals surface area contributed by atoms with Gasteiger partial charge in [-0.05, 0) is 31.4 Å². The number of benzene rings is 1. The van der Waals surface area contributed by atoms with Crippen molar-refractivity contribution in [2.24, 2.45) is 0 Å². The summed E-state index contributed by atoms with van der Waals surface area (Å²) in [4.78, 5) is 18.5. The fourth-order valence-electron chi connectivity index (χ4n) is 2.78. The molecule has 2 heterocycles. The molecule has 0 bridgehead atoms. The molecule has 1 saturated heterocycles. The van der Waals surface area contributed by atoms with Crippen molar-refractivity contribution in [3.8, 4) is 6.07 Å². The van der Waals surface area contributed by atoms with Crippen molar-refractivity contribution in [1.82, 2.24) is 9.88 Å². The van der Waals surface area contributed by atoms with Gasteiger partial charge in [-0.15, -0.1) is 0 Å². The smallest absolute Gasteiger partial charge is 0.266 e. The fourth-order valence-corrected chi connectivity index (χ4v) is 2.78. The highest BCUT2D eigenvalue weighted by molar-refractivity contribution is 5.98. The van der Waals surface area contributed by atoms with Crippen LogP contribution in [-0.4, -0.2) is 28.9 Å². The Morgan fingerprint density at radius 2 is 2.00 bits per heavy atom. The zero-order chi connectivity index (χ0) is 16.1. The second-order valence-electron chi connectivity index (χ2n) is 5.55. The van der Waals surface area contributed by atoms with Crippen LogP contribution in [0.2, 0.25) is 0 Å². The molecule has 1 aliphatic heterocycles. The number of hydrogen-bond donors (Lipinski definition) is 1. The number of carbonyl (C=O) groups is 1. The van der Waals surface area contributed by atoms with Gasteiger partial charge in [0.15, 0.2) is 0 Å². The average Bonchev–Trinajstić information content (AvgIpc) is 2.63. The summed E-state index contributed by atoms with van der Waals surface area (Å²) in [7, 11) is 0. The van der Waals surface area contributed by atoms with Gasteiger partial charge < -0.3 is 10.2 Å². The molecule has 0 unspecified atom stereocenters. The summed E-state index contributed by atoms with van der Waals surface area (Å²) in [6.07, 6.45) is 6.37. The van der Waals surface area contributed by atoms with Gasteiger partial charge in [0, 0.05) is 30.9 Å². The molecule has 23 heavy (non-hydrogen) atoms. The molecule has 0 radical (unpaired) electrons. The van der Waals surface area contributed by atoms with E-state index in [4.69, 9.17) is 0 Å². The zero-order valence-corrected chi connectivity index (χ0v) is 12.8. The number of pyridine rings is 1. The summed E-state index contributed by atoms with van der Waals surface area (Å²) in [6, 6.07) is 11.6. The van der Waals surface area contributed by atoms with E-state index in [-0.39, 0.29) is 11.5 Å². The summed E-state index contributed by atoms with van der Waals surface area (Å²) in [6.45, 7) is 1.46. The van der Waals surface area contributed by atoms with Crippen LogP contribution in [-0.2, 0) is 4.79 Å². The van der Waals surface area contributed by atoms with Crippen molar-refractivity contribution >= 4 is 22.5 Å². The van der Waals surface area contributed by atoms with Crippen molar-refractivity contribution in [3.05, 3.63) is 48.3 Å². The second-order valence-corrected chi connectivity index (χ2v) is 5.55. The number of aromatic nitrogens is 1. The van der Waals surface area contributed by atoms with Crippen LogP contribution in [0.3, 0.4) is 0 Å². The Morgan fingerprint density at radius 1 is 1.22 bits per heavy atom. The number of anilines is 1. The van der Waals surface area contributed by atoms with Gasteiger partial charge in [0.1, 0.15) is 11.6 Å². The molecule has 0 saturated carbocycles. The molecule has 0 atom stereocenters. The Balaban J connectivity index is 1.81. The van der Waals surface area contributed by atoms with E-state index in [0.717, 1.165) is 48.9 Å². The molecular weight excluding hydrogens is 288 g/mol. The number of amides is 1. The van der Waals surface area contributed by atoms with Crippen LogP contribution in [0.1, 0.15) is 19.3 Å². The molecule has 1 aromatic heterocycles. The monoisotopic (exact) mass is 306 g/mol. The Labute approximate surface area is 135 Å². The minimum Gasteiger partial charge on any atom is -0.358 e. The van der Waals surface area contributed by atoms with Gasteiger partial charge in [-0.1, -0.05) is 18.2 Å². The van der Waals surface area contributed by atoms with Crippen LogP contribution in [0.5, 0.6) is 0 Å². The lowest BCUT2D eigenvalue weighted by Crippen LogP contribution is -2.36. The molecule has 0 spiro atoms. The SMILES string of the molecule is N#C/C(=C/Nc1cccc2cccnc12)C(=O)N1CCCCC1. The summed E-state index contributed by atoms with van der Waals surface area (Å²) >= 11 is 0. The number of rotatable bonds is 3. The topological polar surface area (TPSA) is 69.0 Å². The van der Waals surface area contributed by atoms with E-state index in [1.807, 2.05) is 36.4 Å². The fraction of sp³-hybridized carbons (Fsp3) is 0.278. The lowest BCUT2D eigenvalue weighted by molar-refractivity contribution is -0.127. The van der Waals surface area contributed by atoms with E-state index in [9.17, 15) is 10.1 Å². The van der Waals surface area contributed by atoms with Crippen LogP contribution in [0, 0.1) is 11.3 Å². The highest BCUT2D eigenvalue weighted by Gasteiger charge is 2.20. The maximum absolute atomic E-state index is 12.4. The highest BCUT2D eigenvalue weighted by atomic mass is 16.2. The summed E-state index contributed by atoms with van der Waals surface area (Å²) in [5.41, 5.74) is 1.72. The number of carbonyl (C=O) groups excluding carboxylic acids is 1. The summed E-state index contributed by atoms with van der Waals surface area (Å²) < 4.78 is 0. The van der Waals surface area contributed by atoms with Crippen molar-refractivity contribution in [1.29, 1.82) is 5.26 Å². The van der Waals surface area contributed by atoms with Gasteiger partial charge >= 0.3 is 0 Å². The van der Waals surface area contributed by atoms with Crippen LogP contribution < -0.4 is 5.32 Å². The number of fused-ring (bicyclic) bond motifs is 1. The quantitative estimate of drug-likeness (QED) is 0.699. The third-order valence-electron chi connectivity index (χ3n) is 4.00. The van der Waals surface area contributed by atoms with Crippen LogP contribution >= 0.6 is 0 Å². The second kappa shape index (κ2) is 6.93. The van der Waals surface area contributed by atoms with Gasteiger partial charge in [-0.2, -0.15) is 5.26 Å². The maximum atomic E-state index is 12.4. The van der Waals surface area contributed by atoms with E-state index < -0.39 is 0 Å². The molecule has 5 heteroatoms. The molecule has 1 N–H and O–H groups in total. The van der Waals surface area contributed by atoms with Crippen molar-refractivity contribution in [2.45, 2.75) is 19.3 Å². The molecule has 2 aromatic rings. The first-order valence-electron chi connectivity index (χ1n) is 7.79. The van der Waals surface area contributed by atoms with E-state index in [0.29, 0.717) is 0 Å². The molecule has 1 aromatic carbocycles. The zero-order valence-electron chi connectivity index (χ0n) is 12.8. The third-order valence-corrected chi connectivity index (χ3v) is 4.00. The third kappa shape index (κ3) is 3.32. The Bertz CT molecular complexity index is 780. The molecule has 5 nitrogen and oxygen atoms in total. The molecule has 1 aliphatic rings. The van der Waals surface area contributed by atoms with E-state index in [1.165, 1.54) is 6.20 Å². The number of para-hydroxylation sites is 1. The van der Waals surface area contributed by atoms with Gasteiger partial charge in [-0.25, -0.2) is 0 Å². The van der Waals surface area contributed by atoms with Gasteiger partial charge in [0.05, 0.1) is 11.2 Å². The number of nitrogens with zero attached hydrogens (tertiary/aromatic N) is 3. The number of nitriles is 1. The lowest BCUT2D eigenvalue weighted by atomic mass is 10.1. The lowest BCUT2D eigenvalue weighted by Gasteiger charge is -2.26. The Hall–Kier alpha value is -2.87. The molecule has 3 rings (SSSR count). The van der Waals surface area contributed by atoms with E-state index >= 15 is 0 Å². The first-order chi connectivity index (χ1) is 11.3. The van der Waals surface area contributed by atoms with Crippen molar-refractivity contribution in [3.63, 3.8) is 0 Å². The van der Waals surface area contributed by atoms with E-state index in [2.05, 4.69) is 10.3 Å². The van der Waals surface area contributed by atoms with Gasteiger partial charge in [0.25, 0.3) is 5.91 Å².